The maximum absolute atomic E-state index is 13.7. The minimum Gasteiger partial charge on any atom is -0.352 e. The van der Waals surface area contributed by atoms with Crippen molar-refractivity contribution in [2.45, 2.75) is 71.5 Å². The second-order valence-corrected chi connectivity index (χ2v) is 12.5. The van der Waals surface area contributed by atoms with Gasteiger partial charge in [-0.25, -0.2) is 8.42 Å². The minimum atomic E-state index is -3.74. The molecule has 2 amide bonds. The fourth-order valence-electron chi connectivity index (χ4n) is 4.43. The number of rotatable bonds is 9. The molecule has 1 fully saturated rings. The van der Waals surface area contributed by atoms with E-state index in [2.05, 4.69) is 21.2 Å². The molecule has 36 heavy (non-hydrogen) atoms. The minimum absolute atomic E-state index is 0.112. The van der Waals surface area contributed by atoms with Gasteiger partial charge in [0.05, 0.1) is 11.9 Å². The lowest BCUT2D eigenvalue weighted by Crippen LogP contribution is -2.52. The monoisotopic (exact) mass is 577 g/mol. The molecular weight excluding hydrogens is 542 g/mol. The number of nitrogens with zero attached hydrogens (tertiary/aromatic N) is 2. The van der Waals surface area contributed by atoms with E-state index in [1.54, 1.807) is 19.1 Å². The van der Waals surface area contributed by atoms with E-state index < -0.39 is 22.0 Å². The Hall–Kier alpha value is -2.39. The largest absolute Gasteiger partial charge is 0.352 e. The van der Waals surface area contributed by atoms with Crippen LogP contribution < -0.4 is 9.62 Å². The summed E-state index contributed by atoms with van der Waals surface area (Å²) in [6.07, 6.45) is 6.31. The summed E-state index contributed by atoms with van der Waals surface area (Å²) in [6, 6.07) is 12.2. The van der Waals surface area contributed by atoms with Gasteiger partial charge in [0.1, 0.15) is 12.6 Å². The van der Waals surface area contributed by atoms with Crippen LogP contribution >= 0.6 is 15.9 Å². The molecule has 2 aromatic carbocycles. The Kier molecular flexibility index (Phi) is 9.58. The molecule has 2 aromatic rings. The Labute approximate surface area is 223 Å². The number of amides is 2. The zero-order valence-corrected chi connectivity index (χ0v) is 23.9. The summed E-state index contributed by atoms with van der Waals surface area (Å²) in [4.78, 5) is 28.3. The van der Waals surface area contributed by atoms with Gasteiger partial charge in [-0.1, -0.05) is 53.4 Å². The van der Waals surface area contributed by atoms with Crippen LogP contribution in [0.25, 0.3) is 0 Å². The SMILES string of the molecule is Cc1ccc(N(CC(=O)N(Cc2ccc(Br)cc2)[C@@H](C)C(=O)NC2CCCCC2)S(C)(=O)=O)cc1C. The zero-order chi connectivity index (χ0) is 26.5. The van der Waals surface area contributed by atoms with Gasteiger partial charge < -0.3 is 10.2 Å². The number of hydrogen-bond acceptors (Lipinski definition) is 4. The van der Waals surface area contributed by atoms with Crippen molar-refractivity contribution in [2.24, 2.45) is 0 Å². The van der Waals surface area contributed by atoms with Gasteiger partial charge in [-0.3, -0.25) is 13.9 Å². The number of hydrogen-bond donors (Lipinski definition) is 1. The van der Waals surface area contributed by atoms with Gasteiger partial charge in [-0.05, 0) is 74.6 Å². The predicted octanol–water partition coefficient (Wildman–Crippen LogP) is 4.70. The third-order valence-corrected chi connectivity index (χ3v) is 8.51. The van der Waals surface area contributed by atoms with Crippen LogP contribution in [-0.4, -0.2) is 50.0 Å². The number of aryl methyl sites for hydroxylation is 2. The number of carbonyl (C=O) groups is 2. The molecule has 0 radical (unpaired) electrons. The number of halogens is 1. The Morgan fingerprint density at radius 3 is 2.25 bits per heavy atom. The van der Waals surface area contributed by atoms with Gasteiger partial charge in [0, 0.05) is 17.1 Å². The molecule has 1 N–H and O–H groups in total. The quantitative estimate of drug-likeness (QED) is 0.468. The Balaban J connectivity index is 1.87. The van der Waals surface area contributed by atoms with Crippen molar-refractivity contribution in [3.05, 3.63) is 63.6 Å². The normalized spacial score (nSPS) is 15.2. The summed E-state index contributed by atoms with van der Waals surface area (Å²) in [5, 5.41) is 3.11. The third-order valence-electron chi connectivity index (χ3n) is 6.84. The lowest BCUT2D eigenvalue weighted by Gasteiger charge is -2.33. The zero-order valence-electron chi connectivity index (χ0n) is 21.5. The van der Waals surface area contributed by atoms with E-state index in [1.165, 1.54) is 11.3 Å². The predicted molar refractivity (Wildman–Crippen MR) is 147 cm³/mol. The molecule has 3 rings (SSSR count). The second-order valence-electron chi connectivity index (χ2n) is 9.71. The van der Waals surface area contributed by atoms with Crippen molar-refractivity contribution in [3.8, 4) is 0 Å². The number of nitrogens with one attached hydrogen (secondary N) is 1. The molecule has 0 heterocycles. The molecule has 0 bridgehead atoms. The molecule has 0 aromatic heterocycles. The average Bonchev–Trinajstić information content (AvgIpc) is 2.83. The first-order chi connectivity index (χ1) is 17.0. The van der Waals surface area contributed by atoms with Crippen LogP contribution in [0.1, 0.15) is 55.7 Å². The number of carbonyl (C=O) groups excluding carboxylic acids is 2. The number of benzene rings is 2. The third kappa shape index (κ3) is 7.56. The van der Waals surface area contributed by atoms with Crippen LogP contribution in [0.3, 0.4) is 0 Å². The average molecular weight is 579 g/mol. The molecule has 1 aliphatic rings. The van der Waals surface area contributed by atoms with Crippen LogP contribution in [0.5, 0.6) is 0 Å². The molecule has 0 unspecified atom stereocenters. The van der Waals surface area contributed by atoms with E-state index in [-0.39, 0.29) is 25.0 Å². The molecule has 196 valence electrons. The number of sulfonamides is 1. The Morgan fingerprint density at radius 1 is 1.03 bits per heavy atom. The summed E-state index contributed by atoms with van der Waals surface area (Å²) in [5.74, 6) is -0.655. The van der Waals surface area contributed by atoms with Crippen molar-refractivity contribution < 1.29 is 18.0 Å². The molecule has 9 heteroatoms. The molecule has 0 saturated heterocycles. The van der Waals surface area contributed by atoms with Crippen molar-refractivity contribution in [1.29, 1.82) is 0 Å². The Bertz CT molecular complexity index is 1180. The highest BCUT2D eigenvalue weighted by molar-refractivity contribution is 9.10. The molecular formula is C27H36BrN3O4S. The van der Waals surface area contributed by atoms with E-state index in [4.69, 9.17) is 0 Å². The van der Waals surface area contributed by atoms with Crippen LogP contribution in [0.15, 0.2) is 46.9 Å². The van der Waals surface area contributed by atoms with Crippen molar-refractivity contribution in [1.82, 2.24) is 10.2 Å². The van der Waals surface area contributed by atoms with Gasteiger partial charge in [0.25, 0.3) is 0 Å². The van der Waals surface area contributed by atoms with Crippen LogP contribution in [0, 0.1) is 13.8 Å². The van der Waals surface area contributed by atoms with E-state index in [1.807, 2.05) is 44.2 Å². The molecule has 7 nitrogen and oxygen atoms in total. The fourth-order valence-corrected chi connectivity index (χ4v) is 5.54. The lowest BCUT2D eigenvalue weighted by molar-refractivity contribution is -0.139. The first-order valence-corrected chi connectivity index (χ1v) is 15.0. The first-order valence-electron chi connectivity index (χ1n) is 12.3. The standard InChI is InChI=1S/C27H36BrN3O4S/c1-19-10-15-25(16-20(19)2)31(36(4,34)35)18-26(32)30(17-22-11-13-23(28)14-12-22)21(3)27(33)29-24-8-6-5-7-9-24/h10-16,21,24H,5-9,17-18H2,1-4H3,(H,29,33)/t21-/m0/s1. The van der Waals surface area contributed by atoms with Gasteiger partial charge in [-0.15, -0.1) is 0 Å². The smallest absolute Gasteiger partial charge is 0.244 e. The van der Waals surface area contributed by atoms with Gasteiger partial charge >= 0.3 is 0 Å². The highest BCUT2D eigenvalue weighted by Crippen LogP contribution is 2.23. The van der Waals surface area contributed by atoms with E-state index in [0.29, 0.717) is 5.69 Å². The van der Waals surface area contributed by atoms with Crippen LogP contribution in [0.4, 0.5) is 5.69 Å². The second kappa shape index (κ2) is 12.2. The van der Waals surface area contributed by atoms with Gasteiger partial charge in [0.15, 0.2) is 0 Å². The fraction of sp³-hybridized carbons (Fsp3) is 0.481. The van der Waals surface area contributed by atoms with Gasteiger partial charge in [0.2, 0.25) is 21.8 Å². The van der Waals surface area contributed by atoms with Crippen molar-refractivity contribution >= 4 is 43.5 Å². The van der Waals surface area contributed by atoms with Crippen LogP contribution in [-0.2, 0) is 26.2 Å². The van der Waals surface area contributed by atoms with Crippen LogP contribution in [0.2, 0.25) is 0 Å². The van der Waals surface area contributed by atoms with Gasteiger partial charge in [-0.2, -0.15) is 0 Å². The van der Waals surface area contributed by atoms with E-state index in [9.17, 15) is 18.0 Å². The maximum atomic E-state index is 13.7. The van der Waals surface area contributed by atoms with E-state index >= 15 is 0 Å². The molecule has 0 spiro atoms. The number of anilines is 1. The van der Waals surface area contributed by atoms with E-state index in [0.717, 1.165) is 57.4 Å². The summed E-state index contributed by atoms with van der Waals surface area (Å²) in [6.45, 7) is 5.35. The first kappa shape index (κ1) is 28.2. The maximum Gasteiger partial charge on any atom is 0.244 e. The summed E-state index contributed by atoms with van der Waals surface area (Å²) < 4.78 is 27.5. The summed E-state index contributed by atoms with van der Waals surface area (Å²) >= 11 is 3.42. The molecule has 0 aliphatic heterocycles. The van der Waals surface area contributed by atoms with Crippen molar-refractivity contribution in [2.75, 3.05) is 17.1 Å². The summed E-state index contributed by atoms with van der Waals surface area (Å²) in [7, 11) is -3.74. The highest BCUT2D eigenvalue weighted by Gasteiger charge is 2.31. The molecule has 1 atom stereocenters. The topological polar surface area (TPSA) is 86.8 Å². The highest BCUT2D eigenvalue weighted by atomic mass is 79.9. The summed E-state index contributed by atoms with van der Waals surface area (Å²) in [5.41, 5.74) is 3.24. The molecule has 1 saturated carbocycles. The molecule has 1 aliphatic carbocycles. The lowest BCUT2D eigenvalue weighted by atomic mass is 9.95. The van der Waals surface area contributed by atoms with Crippen molar-refractivity contribution in [3.63, 3.8) is 0 Å². The Morgan fingerprint density at radius 2 is 1.67 bits per heavy atom.